The third kappa shape index (κ3) is 3.44. The van der Waals surface area contributed by atoms with Gasteiger partial charge in [-0.3, -0.25) is 9.80 Å². The summed E-state index contributed by atoms with van der Waals surface area (Å²) < 4.78 is 5.44. The predicted octanol–water partition coefficient (Wildman–Crippen LogP) is 1.77. The highest BCUT2D eigenvalue weighted by atomic mass is 16.5. The van der Waals surface area contributed by atoms with Gasteiger partial charge in [-0.1, -0.05) is 6.07 Å². The van der Waals surface area contributed by atoms with Crippen molar-refractivity contribution in [2.75, 3.05) is 39.4 Å². The van der Waals surface area contributed by atoms with Crippen molar-refractivity contribution >= 4 is 0 Å². The van der Waals surface area contributed by atoms with Crippen molar-refractivity contribution in [3.63, 3.8) is 0 Å². The van der Waals surface area contributed by atoms with Gasteiger partial charge in [-0.2, -0.15) is 5.26 Å². The summed E-state index contributed by atoms with van der Waals surface area (Å²) in [5.74, 6) is 0. The first-order valence-corrected chi connectivity index (χ1v) is 7.80. The van der Waals surface area contributed by atoms with Gasteiger partial charge in [0.25, 0.3) is 0 Å². The van der Waals surface area contributed by atoms with Crippen LogP contribution in [0.1, 0.15) is 23.1 Å². The van der Waals surface area contributed by atoms with Crippen molar-refractivity contribution in [3.8, 4) is 6.07 Å². The van der Waals surface area contributed by atoms with Crippen LogP contribution in [-0.2, 0) is 11.3 Å². The molecule has 4 heteroatoms. The lowest BCUT2D eigenvalue weighted by Gasteiger charge is -2.32. The number of rotatable bonds is 3. The van der Waals surface area contributed by atoms with E-state index in [1.807, 2.05) is 12.1 Å². The average Bonchev–Trinajstić information content (AvgIpc) is 2.99. The van der Waals surface area contributed by atoms with E-state index in [-0.39, 0.29) is 0 Å². The highest BCUT2D eigenvalue weighted by molar-refractivity contribution is 5.37. The average molecular weight is 285 g/mol. The maximum absolute atomic E-state index is 8.94. The summed E-state index contributed by atoms with van der Waals surface area (Å²) in [5.41, 5.74) is 3.32. The maximum Gasteiger partial charge on any atom is 0.0991 e. The first kappa shape index (κ1) is 14.5. The highest BCUT2D eigenvalue weighted by Crippen LogP contribution is 2.20. The van der Waals surface area contributed by atoms with Crippen LogP contribution in [0.3, 0.4) is 0 Å². The van der Waals surface area contributed by atoms with Gasteiger partial charge in [-0.15, -0.1) is 0 Å². The largest absolute Gasteiger partial charge is 0.379 e. The second-order valence-corrected chi connectivity index (χ2v) is 6.08. The van der Waals surface area contributed by atoms with Gasteiger partial charge >= 0.3 is 0 Å². The molecule has 0 aromatic heterocycles. The van der Waals surface area contributed by atoms with E-state index in [9.17, 15) is 0 Å². The normalized spacial score (nSPS) is 24.1. The van der Waals surface area contributed by atoms with Crippen molar-refractivity contribution in [2.45, 2.75) is 25.9 Å². The van der Waals surface area contributed by atoms with Crippen LogP contribution in [0.25, 0.3) is 0 Å². The zero-order chi connectivity index (χ0) is 14.7. The van der Waals surface area contributed by atoms with E-state index in [2.05, 4.69) is 28.9 Å². The SMILES string of the molecule is Cc1cc(C#N)ccc1CN1CCC(N2CCOCC2)C1. The molecule has 1 aromatic rings. The van der Waals surface area contributed by atoms with Crippen LogP contribution in [0.4, 0.5) is 0 Å². The van der Waals surface area contributed by atoms with Crippen LogP contribution in [-0.4, -0.2) is 55.2 Å². The molecule has 0 aliphatic carbocycles. The summed E-state index contributed by atoms with van der Waals surface area (Å²) in [4.78, 5) is 5.11. The summed E-state index contributed by atoms with van der Waals surface area (Å²) in [6.07, 6.45) is 1.26. The van der Waals surface area contributed by atoms with Crippen molar-refractivity contribution in [1.29, 1.82) is 5.26 Å². The Kier molecular flexibility index (Phi) is 4.54. The van der Waals surface area contributed by atoms with Gasteiger partial charge in [0.1, 0.15) is 0 Å². The first-order valence-electron chi connectivity index (χ1n) is 7.80. The molecule has 2 heterocycles. The molecule has 2 saturated heterocycles. The number of likely N-dealkylation sites (tertiary alicyclic amines) is 1. The molecule has 0 radical (unpaired) electrons. The topological polar surface area (TPSA) is 39.5 Å². The summed E-state index contributed by atoms with van der Waals surface area (Å²) in [7, 11) is 0. The van der Waals surface area contributed by atoms with Crippen LogP contribution in [0.5, 0.6) is 0 Å². The smallest absolute Gasteiger partial charge is 0.0991 e. The van der Waals surface area contributed by atoms with Gasteiger partial charge in [-0.25, -0.2) is 0 Å². The van der Waals surface area contributed by atoms with E-state index in [1.165, 1.54) is 24.1 Å². The molecule has 0 bridgehead atoms. The van der Waals surface area contributed by atoms with Gasteiger partial charge in [0.2, 0.25) is 0 Å². The van der Waals surface area contributed by atoms with Gasteiger partial charge in [0.05, 0.1) is 24.8 Å². The summed E-state index contributed by atoms with van der Waals surface area (Å²) in [6, 6.07) is 8.92. The third-order valence-corrected chi connectivity index (χ3v) is 4.68. The third-order valence-electron chi connectivity index (χ3n) is 4.68. The van der Waals surface area contributed by atoms with Crippen LogP contribution in [0, 0.1) is 18.3 Å². The molecule has 4 nitrogen and oxygen atoms in total. The molecule has 1 aromatic carbocycles. The molecule has 0 amide bonds. The minimum atomic E-state index is 0.688. The molecule has 21 heavy (non-hydrogen) atoms. The maximum atomic E-state index is 8.94. The first-order chi connectivity index (χ1) is 10.3. The number of nitriles is 1. The standard InChI is InChI=1S/C17H23N3O/c1-14-10-15(11-18)2-3-16(14)12-19-5-4-17(13-19)20-6-8-21-9-7-20/h2-3,10,17H,4-9,12-13H2,1H3. The molecule has 1 atom stereocenters. The fourth-order valence-electron chi connectivity index (χ4n) is 3.38. The Morgan fingerprint density at radius 2 is 2.10 bits per heavy atom. The molecule has 2 aliphatic rings. The minimum absolute atomic E-state index is 0.688. The van der Waals surface area contributed by atoms with Crippen LogP contribution in [0.15, 0.2) is 18.2 Å². The van der Waals surface area contributed by atoms with Gasteiger partial charge in [0.15, 0.2) is 0 Å². The van der Waals surface area contributed by atoms with Gasteiger partial charge in [-0.05, 0) is 36.6 Å². The lowest BCUT2D eigenvalue weighted by molar-refractivity contribution is 0.0184. The Morgan fingerprint density at radius 3 is 2.81 bits per heavy atom. The van der Waals surface area contributed by atoms with E-state index in [1.54, 1.807) is 0 Å². The van der Waals surface area contributed by atoms with Crippen molar-refractivity contribution in [3.05, 3.63) is 34.9 Å². The lowest BCUT2D eigenvalue weighted by atomic mass is 10.1. The van der Waals surface area contributed by atoms with E-state index >= 15 is 0 Å². The Labute approximate surface area is 126 Å². The lowest BCUT2D eigenvalue weighted by Crippen LogP contribution is -2.44. The zero-order valence-electron chi connectivity index (χ0n) is 12.7. The highest BCUT2D eigenvalue weighted by Gasteiger charge is 2.28. The van der Waals surface area contributed by atoms with E-state index < -0.39 is 0 Å². The fourth-order valence-corrected chi connectivity index (χ4v) is 3.38. The summed E-state index contributed by atoms with van der Waals surface area (Å²) >= 11 is 0. The second-order valence-electron chi connectivity index (χ2n) is 6.08. The Bertz CT molecular complexity index is 531. The van der Waals surface area contributed by atoms with Crippen molar-refractivity contribution < 1.29 is 4.74 Å². The number of nitrogens with zero attached hydrogens (tertiary/aromatic N) is 3. The van der Waals surface area contributed by atoms with Crippen LogP contribution in [0.2, 0.25) is 0 Å². The van der Waals surface area contributed by atoms with Gasteiger partial charge in [0, 0.05) is 38.8 Å². The number of ether oxygens (including phenoxy) is 1. The fraction of sp³-hybridized carbons (Fsp3) is 0.588. The van der Waals surface area contributed by atoms with Crippen molar-refractivity contribution in [1.82, 2.24) is 9.80 Å². The quantitative estimate of drug-likeness (QED) is 0.848. The molecule has 112 valence electrons. The Balaban J connectivity index is 1.58. The van der Waals surface area contributed by atoms with Crippen LogP contribution < -0.4 is 0 Å². The van der Waals surface area contributed by atoms with E-state index in [4.69, 9.17) is 10.00 Å². The molecule has 0 spiro atoms. The number of morpholine rings is 1. The van der Waals surface area contributed by atoms with E-state index in [0.717, 1.165) is 45.0 Å². The number of aryl methyl sites for hydroxylation is 1. The van der Waals surface area contributed by atoms with Crippen molar-refractivity contribution in [2.24, 2.45) is 0 Å². The molecule has 2 aliphatic heterocycles. The van der Waals surface area contributed by atoms with Gasteiger partial charge < -0.3 is 4.74 Å². The van der Waals surface area contributed by atoms with Crippen LogP contribution >= 0.6 is 0 Å². The summed E-state index contributed by atoms with van der Waals surface area (Å²) in [5, 5.41) is 8.94. The number of benzene rings is 1. The molecular weight excluding hydrogens is 262 g/mol. The number of hydrogen-bond acceptors (Lipinski definition) is 4. The minimum Gasteiger partial charge on any atom is -0.379 e. The second kappa shape index (κ2) is 6.57. The molecule has 3 rings (SSSR count). The monoisotopic (exact) mass is 285 g/mol. The Morgan fingerprint density at radius 1 is 1.29 bits per heavy atom. The molecule has 0 N–H and O–H groups in total. The Hall–Kier alpha value is -1.41. The predicted molar refractivity (Wildman–Crippen MR) is 82.0 cm³/mol. The van der Waals surface area contributed by atoms with E-state index in [0.29, 0.717) is 6.04 Å². The molecular formula is C17H23N3O. The molecule has 1 unspecified atom stereocenters. The zero-order valence-corrected chi connectivity index (χ0v) is 12.7. The molecule has 0 saturated carbocycles. The molecule has 2 fully saturated rings. The number of hydrogen-bond donors (Lipinski definition) is 0. The summed E-state index contributed by atoms with van der Waals surface area (Å²) in [6.45, 7) is 9.34.